The fourth-order valence-corrected chi connectivity index (χ4v) is 3.08. The largest absolute Gasteiger partial charge is 0.455 e. The van der Waals surface area contributed by atoms with Gasteiger partial charge < -0.3 is 15.8 Å². The van der Waals surface area contributed by atoms with E-state index in [1.165, 1.54) is 35.6 Å². The van der Waals surface area contributed by atoms with Crippen molar-refractivity contribution in [1.29, 1.82) is 0 Å². The Morgan fingerprint density at radius 3 is 2.61 bits per heavy atom. The molecule has 2 aromatic heterocycles. The number of pyridine rings is 1. The fourth-order valence-electron chi connectivity index (χ4n) is 2.27. The topological polar surface area (TPSA) is 124 Å². The van der Waals surface area contributed by atoms with Gasteiger partial charge in [-0.2, -0.15) is 0 Å². The summed E-state index contributed by atoms with van der Waals surface area (Å²) < 4.78 is 4.98. The number of primary amides is 1. The van der Waals surface area contributed by atoms with Crippen LogP contribution in [-0.4, -0.2) is 34.4 Å². The molecule has 3 rings (SSSR count). The number of ether oxygens (including phenoxy) is 1. The van der Waals surface area contributed by atoms with Gasteiger partial charge in [0.15, 0.2) is 6.61 Å². The first-order valence-electron chi connectivity index (χ1n) is 8.21. The zero-order valence-electron chi connectivity index (χ0n) is 14.6. The smallest absolute Gasteiger partial charge is 0.312 e. The summed E-state index contributed by atoms with van der Waals surface area (Å²) >= 11 is 1.40. The first-order valence-corrected chi connectivity index (χ1v) is 9.09. The van der Waals surface area contributed by atoms with Gasteiger partial charge >= 0.3 is 5.97 Å². The van der Waals surface area contributed by atoms with Gasteiger partial charge in [-0.3, -0.25) is 19.4 Å². The summed E-state index contributed by atoms with van der Waals surface area (Å²) in [6.45, 7) is -0.421. The number of hydrogen-bond donors (Lipinski definition) is 2. The molecule has 1 aromatic carbocycles. The van der Waals surface area contributed by atoms with Crippen LogP contribution in [-0.2, 0) is 20.7 Å². The van der Waals surface area contributed by atoms with Crippen LogP contribution in [0, 0.1) is 0 Å². The van der Waals surface area contributed by atoms with E-state index in [4.69, 9.17) is 10.5 Å². The predicted molar refractivity (Wildman–Crippen MR) is 104 cm³/mol. The number of anilines is 1. The molecule has 28 heavy (non-hydrogen) atoms. The molecule has 0 spiro atoms. The minimum atomic E-state index is -0.555. The first-order chi connectivity index (χ1) is 13.5. The Kier molecular flexibility index (Phi) is 6.07. The van der Waals surface area contributed by atoms with E-state index in [0.29, 0.717) is 16.9 Å². The van der Waals surface area contributed by atoms with E-state index >= 15 is 0 Å². The van der Waals surface area contributed by atoms with Crippen molar-refractivity contribution in [1.82, 2.24) is 9.97 Å². The van der Waals surface area contributed by atoms with E-state index in [1.807, 2.05) is 12.1 Å². The molecule has 3 aromatic rings. The fraction of sp³-hybridized carbons (Fsp3) is 0.105. The highest BCUT2D eigenvalue weighted by atomic mass is 32.1. The molecule has 0 atom stereocenters. The van der Waals surface area contributed by atoms with Crippen LogP contribution in [0.4, 0.5) is 5.69 Å². The summed E-state index contributed by atoms with van der Waals surface area (Å²) in [4.78, 5) is 43.2. The van der Waals surface area contributed by atoms with Crippen LogP contribution >= 0.6 is 11.3 Å². The number of aromatic nitrogens is 2. The van der Waals surface area contributed by atoms with Gasteiger partial charge in [-0.05, 0) is 36.4 Å². The van der Waals surface area contributed by atoms with Crippen LogP contribution in [0.1, 0.15) is 16.1 Å². The summed E-state index contributed by atoms with van der Waals surface area (Å²) in [6, 6.07) is 9.75. The monoisotopic (exact) mass is 396 g/mol. The number of nitrogens with zero attached hydrogens (tertiary/aromatic N) is 2. The van der Waals surface area contributed by atoms with Gasteiger partial charge in [-0.1, -0.05) is 0 Å². The van der Waals surface area contributed by atoms with E-state index in [2.05, 4.69) is 15.3 Å². The molecular formula is C19H16N4O4S. The number of esters is 1. The Labute approximate surface area is 164 Å². The lowest BCUT2D eigenvalue weighted by Gasteiger charge is -2.06. The second kappa shape index (κ2) is 8.87. The van der Waals surface area contributed by atoms with Crippen molar-refractivity contribution >= 4 is 34.8 Å². The Morgan fingerprint density at radius 1 is 1.14 bits per heavy atom. The number of carbonyl (C=O) groups is 3. The Morgan fingerprint density at radius 2 is 1.93 bits per heavy atom. The lowest BCUT2D eigenvalue weighted by Crippen LogP contribution is -2.21. The highest BCUT2D eigenvalue weighted by Crippen LogP contribution is 2.22. The molecule has 2 amide bonds. The molecule has 0 saturated heterocycles. The molecule has 0 aliphatic carbocycles. The zero-order valence-corrected chi connectivity index (χ0v) is 15.4. The summed E-state index contributed by atoms with van der Waals surface area (Å²) in [5, 5.41) is 5.09. The van der Waals surface area contributed by atoms with Crippen LogP contribution in [0.2, 0.25) is 0 Å². The molecule has 9 heteroatoms. The number of amides is 2. The number of hydrogen-bond acceptors (Lipinski definition) is 7. The number of thiazole rings is 1. The van der Waals surface area contributed by atoms with Crippen LogP contribution in [0.5, 0.6) is 0 Å². The summed E-state index contributed by atoms with van der Waals surface area (Å²) in [5.74, 6) is -1.60. The summed E-state index contributed by atoms with van der Waals surface area (Å²) in [7, 11) is 0. The van der Waals surface area contributed by atoms with Crippen molar-refractivity contribution in [3.63, 3.8) is 0 Å². The summed E-state index contributed by atoms with van der Waals surface area (Å²) in [6.07, 6.45) is 3.34. The molecule has 0 bridgehead atoms. The van der Waals surface area contributed by atoms with Gasteiger partial charge in [0.25, 0.3) is 5.91 Å². The van der Waals surface area contributed by atoms with Crippen LogP contribution in [0.3, 0.4) is 0 Å². The third-order valence-corrected chi connectivity index (χ3v) is 4.54. The van der Waals surface area contributed by atoms with Gasteiger partial charge in [0, 0.05) is 34.6 Å². The van der Waals surface area contributed by atoms with Crippen LogP contribution < -0.4 is 11.1 Å². The molecule has 0 unspecified atom stereocenters. The van der Waals surface area contributed by atoms with Gasteiger partial charge in [0.1, 0.15) is 5.01 Å². The number of rotatable bonds is 7. The molecule has 0 saturated carbocycles. The maximum absolute atomic E-state index is 11.9. The lowest BCUT2D eigenvalue weighted by molar-refractivity contribution is -0.146. The van der Waals surface area contributed by atoms with Crippen molar-refractivity contribution < 1.29 is 19.1 Å². The predicted octanol–water partition coefficient (Wildman–Crippen LogP) is 2.03. The summed E-state index contributed by atoms with van der Waals surface area (Å²) in [5.41, 5.74) is 7.38. The molecule has 142 valence electrons. The molecule has 0 radical (unpaired) electrons. The first kappa shape index (κ1) is 19.2. The number of benzene rings is 1. The van der Waals surface area contributed by atoms with E-state index in [0.717, 1.165) is 10.6 Å². The Bertz CT molecular complexity index is 987. The second-order valence-electron chi connectivity index (χ2n) is 5.71. The van der Waals surface area contributed by atoms with Crippen molar-refractivity contribution in [2.24, 2.45) is 5.73 Å². The Balaban J connectivity index is 1.47. The minimum absolute atomic E-state index is 0.0304. The van der Waals surface area contributed by atoms with Crippen LogP contribution in [0.25, 0.3) is 10.6 Å². The number of carbonyl (C=O) groups excluding carboxylic acids is 3. The molecule has 3 N–H and O–H groups in total. The zero-order chi connectivity index (χ0) is 19.9. The maximum atomic E-state index is 11.9. The highest BCUT2D eigenvalue weighted by Gasteiger charge is 2.12. The normalized spacial score (nSPS) is 10.3. The molecular weight excluding hydrogens is 380 g/mol. The Hall–Kier alpha value is -3.59. The molecule has 2 heterocycles. The highest BCUT2D eigenvalue weighted by molar-refractivity contribution is 7.13. The van der Waals surface area contributed by atoms with Crippen molar-refractivity contribution in [3.8, 4) is 10.6 Å². The maximum Gasteiger partial charge on any atom is 0.312 e. The van der Waals surface area contributed by atoms with Gasteiger partial charge in [-0.25, -0.2) is 4.98 Å². The van der Waals surface area contributed by atoms with Gasteiger partial charge in [0.2, 0.25) is 5.91 Å². The standard InChI is InChI=1S/C19H16N4O4S/c20-18(26)12-3-5-14(6-4-12)22-16(24)10-27-17(25)8-15-11-28-19(23-15)13-2-1-7-21-9-13/h1-7,9,11H,8,10H2,(H2,20,26)(H,22,24). The number of nitrogens with two attached hydrogens (primary N) is 1. The van der Waals surface area contributed by atoms with Crippen molar-refractivity contribution in [2.75, 3.05) is 11.9 Å². The average molecular weight is 396 g/mol. The van der Waals surface area contributed by atoms with Gasteiger partial charge in [0.05, 0.1) is 12.1 Å². The second-order valence-corrected chi connectivity index (χ2v) is 6.57. The van der Waals surface area contributed by atoms with E-state index in [9.17, 15) is 14.4 Å². The third-order valence-electron chi connectivity index (χ3n) is 3.60. The lowest BCUT2D eigenvalue weighted by atomic mass is 10.2. The minimum Gasteiger partial charge on any atom is -0.455 e. The molecule has 0 aliphatic rings. The number of nitrogens with one attached hydrogen (secondary N) is 1. The van der Waals surface area contributed by atoms with Crippen molar-refractivity contribution in [2.45, 2.75) is 6.42 Å². The molecule has 0 fully saturated rings. The molecule has 8 nitrogen and oxygen atoms in total. The van der Waals surface area contributed by atoms with Crippen molar-refractivity contribution in [3.05, 3.63) is 65.4 Å². The SMILES string of the molecule is NC(=O)c1ccc(NC(=O)COC(=O)Cc2csc(-c3cccnc3)n2)cc1. The average Bonchev–Trinajstić information content (AvgIpc) is 3.16. The third kappa shape index (κ3) is 5.21. The van der Waals surface area contributed by atoms with E-state index in [1.54, 1.807) is 17.8 Å². The molecule has 0 aliphatic heterocycles. The van der Waals surface area contributed by atoms with Crippen LogP contribution in [0.15, 0.2) is 54.2 Å². The van der Waals surface area contributed by atoms with E-state index in [-0.39, 0.29) is 6.42 Å². The van der Waals surface area contributed by atoms with Gasteiger partial charge in [-0.15, -0.1) is 11.3 Å². The van der Waals surface area contributed by atoms with E-state index < -0.39 is 24.4 Å². The quantitative estimate of drug-likeness (QED) is 0.589.